The Morgan fingerprint density at radius 1 is 1.45 bits per heavy atom. The summed E-state index contributed by atoms with van der Waals surface area (Å²) in [5.41, 5.74) is 6.01. The van der Waals surface area contributed by atoms with E-state index in [4.69, 9.17) is 10.5 Å². The van der Waals surface area contributed by atoms with Crippen molar-refractivity contribution in [3.8, 4) is 5.75 Å². The van der Waals surface area contributed by atoms with Crippen LogP contribution in [0.5, 0.6) is 5.75 Å². The van der Waals surface area contributed by atoms with Gasteiger partial charge in [0.25, 0.3) is 0 Å². The Labute approximate surface area is 119 Å². The smallest absolute Gasteiger partial charge is 0.244 e. The molecule has 1 aliphatic rings. The molecule has 1 aromatic carbocycles. The number of nitrogens with one attached hydrogen (secondary N) is 1. The van der Waals surface area contributed by atoms with Crippen LogP contribution < -0.4 is 15.2 Å². The Morgan fingerprint density at radius 2 is 2.15 bits per heavy atom. The van der Waals surface area contributed by atoms with Crippen molar-refractivity contribution in [3.63, 3.8) is 0 Å². The molecule has 1 aliphatic heterocycles. The highest BCUT2D eigenvalue weighted by Gasteiger charge is 2.30. The van der Waals surface area contributed by atoms with E-state index in [-0.39, 0.29) is 11.5 Å². The summed E-state index contributed by atoms with van der Waals surface area (Å²) in [5, 5.41) is 9.21. The Hall–Kier alpha value is -1.31. The van der Waals surface area contributed by atoms with Crippen LogP contribution in [0.1, 0.15) is 25.8 Å². The summed E-state index contributed by atoms with van der Waals surface area (Å²) in [6, 6.07) is 3.13. The topological polar surface area (TPSA) is 102 Å². The summed E-state index contributed by atoms with van der Waals surface area (Å²) in [7, 11) is -3.81. The highest BCUT2D eigenvalue weighted by molar-refractivity contribution is 7.89. The fourth-order valence-electron chi connectivity index (χ4n) is 2.12. The molecule has 1 heterocycles. The summed E-state index contributed by atoms with van der Waals surface area (Å²) in [6.45, 7) is 3.38. The molecule has 0 atom stereocenters. The second-order valence-electron chi connectivity index (χ2n) is 5.61. The number of aliphatic hydroxyl groups is 1. The summed E-state index contributed by atoms with van der Waals surface area (Å²) >= 11 is 0. The first-order valence-electron chi connectivity index (χ1n) is 6.45. The van der Waals surface area contributed by atoms with Crippen molar-refractivity contribution in [1.29, 1.82) is 0 Å². The first-order valence-corrected chi connectivity index (χ1v) is 7.93. The van der Waals surface area contributed by atoms with Crippen LogP contribution >= 0.6 is 0 Å². The van der Waals surface area contributed by atoms with Crippen LogP contribution in [0.2, 0.25) is 0 Å². The Balaban J connectivity index is 2.49. The third-order valence-electron chi connectivity index (χ3n) is 3.09. The zero-order valence-electron chi connectivity index (χ0n) is 11.6. The lowest BCUT2D eigenvalue weighted by molar-refractivity contribution is 0.208. The van der Waals surface area contributed by atoms with Gasteiger partial charge in [0.05, 0.1) is 18.8 Å². The maximum atomic E-state index is 12.5. The number of anilines is 1. The monoisotopic (exact) mass is 300 g/mol. The largest absolute Gasteiger partial charge is 0.492 e. The number of ether oxygens (including phenoxy) is 1. The third kappa shape index (κ3) is 3.05. The maximum absolute atomic E-state index is 12.5. The van der Waals surface area contributed by atoms with E-state index < -0.39 is 15.6 Å². The minimum absolute atomic E-state index is 0.0359. The normalized spacial score (nSPS) is 15.6. The summed E-state index contributed by atoms with van der Waals surface area (Å²) in [4.78, 5) is 0.0359. The van der Waals surface area contributed by atoms with E-state index in [2.05, 4.69) is 4.72 Å². The highest BCUT2D eigenvalue weighted by Crippen LogP contribution is 2.34. The highest BCUT2D eigenvalue weighted by atomic mass is 32.2. The van der Waals surface area contributed by atoms with Gasteiger partial charge in [0, 0.05) is 5.69 Å². The zero-order valence-corrected chi connectivity index (χ0v) is 12.5. The second kappa shape index (κ2) is 5.23. The van der Waals surface area contributed by atoms with Crippen molar-refractivity contribution in [3.05, 3.63) is 17.7 Å². The molecule has 0 unspecified atom stereocenters. The lowest BCUT2D eigenvalue weighted by Gasteiger charge is -2.26. The minimum Gasteiger partial charge on any atom is -0.492 e. The van der Waals surface area contributed by atoms with Gasteiger partial charge >= 0.3 is 0 Å². The summed E-state index contributed by atoms with van der Waals surface area (Å²) < 4.78 is 32.9. The van der Waals surface area contributed by atoms with Gasteiger partial charge in [-0.05, 0) is 44.4 Å². The molecule has 0 aromatic heterocycles. The second-order valence-corrected chi connectivity index (χ2v) is 7.26. The van der Waals surface area contributed by atoms with Crippen LogP contribution in [-0.4, -0.2) is 32.3 Å². The van der Waals surface area contributed by atoms with E-state index in [0.717, 1.165) is 18.4 Å². The summed E-state index contributed by atoms with van der Waals surface area (Å²) in [5.74, 6) is 0.367. The van der Waals surface area contributed by atoms with Crippen molar-refractivity contribution in [1.82, 2.24) is 4.72 Å². The van der Waals surface area contributed by atoms with E-state index in [1.165, 1.54) is 6.07 Å². The van der Waals surface area contributed by atoms with Crippen LogP contribution in [0.3, 0.4) is 0 Å². The van der Waals surface area contributed by atoms with Gasteiger partial charge in [0.1, 0.15) is 10.6 Å². The van der Waals surface area contributed by atoms with Gasteiger partial charge in [-0.15, -0.1) is 0 Å². The fourth-order valence-corrected chi connectivity index (χ4v) is 3.75. The number of aliphatic hydroxyl groups excluding tert-OH is 1. The molecule has 0 amide bonds. The van der Waals surface area contributed by atoms with E-state index in [1.54, 1.807) is 19.9 Å². The van der Waals surface area contributed by atoms with E-state index in [1.807, 2.05) is 0 Å². The average molecular weight is 300 g/mol. The Morgan fingerprint density at radius 3 is 2.80 bits per heavy atom. The number of fused-ring (bicyclic) bond motifs is 1. The quantitative estimate of drug-likeness (QED) is 0.708. The SMILES string of the molecule is CC(C)(CO)NS(=O)(=O)c1cc(N)cc2c1OCCC2. The lowest BCUT2D eigenvalue weighted by Crippen LogP contribution is -2.46. The van der Waals surface area contributed by atoms with Crippen molar-refractivity contribution in [2.45, 2.75) is 37.1 Å². The number of aryl methyl sites for hydroxylation is 1. The van der Waals surface area contributed by atoms with Gasteiger partial charge in [-0.25, -0.2) is 13.1 Å². The molecule has 0 aliphatic carbocycles. The standard InChI is InChI=1S/C13H20N2O4S/c1-13(2,8-16)15-20(17,18)11-7-10(14)6-9-4-3-5-19-12(9)11/h6-7,15-16H,3-5,8,14H2,1-2H3. The van der Waals surface area contributed by atoms with Crippen molar-refractivity contribution >= 4 is 15.7 Å². The first kappa shape index (κ1) is 15.1. The molecule has 2 rings (SSSR count). The molecule has 6 nitrogen and oxygen atoms in total. The molecule has 1 aromatic rings. The molecule has 0 saturated heterocycles. The molecular weight excluding hydrogens is 280 g/mol. The van der Waals surface area contributed by atoms with Gasteiger partial charge in [0.15, 0.2) is 0 Å². The first-order chi connectivity index (χ1) is 9.25. The predicted molar refractivity (Wildman–Crippen MR) is 76.2 cm³/mol. The van der Waals surface area contributed by atoms with Gasteiger partial charge in [-0.2, -0.15) is 0 Å². The number of hydrogen-bond donors (Lipinski definition) is 3. The number of rotatable bonds is 4. The van der Waals surface area contributed by atoms with Gasteiger partial charge in [0.2, 0.25) is 10.0 Å². The van der Waals surface area contributed by atoms with Crippen molar-refractivity contribution in [2.75, 3.05) is 18.9 Å². The molecule has 20 heavy (non-hydrogen) atoms. The van der Waals surface area contributed by atoms with Gasteiger partial charge in [-0.3, -0.25) is 0 Å². The van der Waals surface area contributed by atoms with E-state index in [0.29, 0.717) is 18.0 Å². The minimum atomic E-state index is -3.81. The zero-order chi connectivity index (χ0) is 15.0. The molecule has 0 bridgehead atoms. The number of benzene rings is 1. The van der Waals surface area contributed by atoms with Crippen molar-refractivity contribution < 1.29 is 18.3 Å². The maximum Gasteiger partial charge on any atom is 0.244 e. The Bertz CT molecular complexity index is 611. The van der Waals surface area contributed by atoms with Crippen LogP contribution in [0.25, 0.3) is 0 Å². The third-order valence-corrected chi connectivity index (χ3v) is 4.79. The summed E-state index contributed by atoms with van der Waals surface area (Å²) in [6.07, 6.45) is 1.58. The molecule has 0 fully saturated rings. The van der Waals surface area contributed by atoms with Crippen LogP contribution in [-0.2, 0) is 16.4 Å². The number of sulfonamides is 1. The lowest BCUT2D eigenvalue weighted by atomic mass is 10.1. The number of nitrogen functional groups attached to an aromatic ring is 1. The predicted octanol–water partition coefficient (Wildman–Crippen LogP) is 0.643. The van der Waals surface area contributed by atoms with Crippen molar-refractivity contribution in [2.24, 2.45) is 0 Å². The molecule has 7 heteroatoms. The number of nitrogens with two attached hydrogens (primary N) is 1. The van der Waals surface area contributed by atoms with E-state index in [9.17, 15) is 13.5 Å². The fraction of sp³-hybridized carbons (Fsp3) is 0.538. The molecule has 0 radical (unpaired) electrons. The molecule has 4 N–H and O–H groups in total. The average Bonchev–Trinajstić information content (AvgIpc) is 2.36. The molecule has 112 valence electrons. The Kier molecular flexibility index (Phi) is 3.95. The van der Waals surface area contributed by atoms with Gasteiger partial charge < -0.3 is 15.6 Å². The molecule has 0 spiro atoms. The van der Waals surface area contributed by atoms with E-state index >= 15 is 0 Å². The number of hydrogen-bond acceptors (Lipinski definition) is 5. The molecule has 0 saturated carbocycles. The van der Waals surface area contributed by atoms with Crippen LogP contribution in [0, 0.1) is 0 Å². The van der Waals surface area contributed by atoms with Crippen LogP contribution in [0.4, 0.5) is 5.69 Å². The molecular formula is C13H20N2O4S. The van der Waals surface area contributed by atoms with Gasteiger partial charge in [-0.1, -0.05) is 0 Å². The van der Waals surface area contributed by atoms with Crippen LogP contribution in [0.15, 0.2) is 17.0 Å².